The maximum absolute atomic E-state index is 12.1. The molecule has 0 N–H and O–H groups in total. The third-order valence-electron chi connectivity index (χ3n) is 0.861. The summed E-state index contributed by atoms with van der Waals surface area (Å²) in [6.45, 7) is 2.74. The van der Waals surface area contributed by atoms with Crippen LogP contribution < -0.4 is 0 Å². The lowest BCUT2D eigenvalue weighted by Crippen LogP contribution is -2.13. The van der Waals surface area contributed by atoms with E-state index in [-0.39, 0.29) is 5.15 Å². The summed E-state index contributed by atoms with van der Waals surface area (Å²) in [5, 5.41) is 0.116. The minimum Gasteiger partial charge on any atom is -0.335 e. The third-order valence-corrected chi connectivity index (χ3v) is 2.95. The van der Waals surface area contributed by atoms with Gasteiger partial charge in [-0.1, -0.05) is 22.2 Å². The first-order valence-corrected chi connectivity index (χ1v) is 4.53. The average molecular weight is 138 g/mol. The van der Waals surface area contributed by atoms with Crippen molar-refractivity contribution in [2.75, 3.05) is 0 Å². The zero-order valence-electron chi connectivity index (χ0n) is 4.52. The quantitative estimate of drug-likeness (QED) is 0.415. The number of hydrogen-bond donors (Lipinski definition) is 0. The van der Waals surface area contributed by atoms with Crippen LogP contribution in [0.15, 0.2) is 0 Å². The Morgan fingerprint density at radius 3 is 2.29 bits per heavy atom. The summed E-state index contributed by atoms with van der Waals surface area (Å²) in [6.07, 6.45) is 0. The number of halogens is 1. The van der Waals surface area contributed by atoms with Crippen LogP contribution in [-0.4, -0.2) is 12.1 Å². The first-order valence-electron chi connectivity index (χ1n) is 2.18. The lowest BCUT2D eigenvalue weighted by atomic mass is 9.72. The summed E-state index contributed by atoms with van der Waals surface area (Å²) in [7, 11) is 2.44. The smallest absolute Gasteiger partial charge is 0.335 e. The van der Waals surface area contributed by atoms with Gasteiger partial charge in [0, 0.05) is 5.15 Å². The minimum atomic E-state index is -0.692. The van der Waals surface area contributed by atoms with Crippen LogP contribution in [0.1, 0.15) is 6.92 Å². The van der Waals surface area contributed by atoms with Gasteiger partial charge in [-0.3, -0.25) is 0 Å². The Morgan fingerprint density at radius 1 is 1.86 bits per heavy atom. The molecule has 0 nitrogen and oxygen atoms in total. The second-order valence-electron chi connectivity index (χ2n) is 1.52. The first-order chi connectivity index (χ1) is 3.18. The summed E-state index contributed by atoms with van der Waals surface area (Å²) >= 11 is 1.47. The fraction of sp³-hybridized carbons (Fsp3) is 1.00. The first kappa shape index (κ1) is 7.77. The molecule has 0 aromatic heterocycles. The van der Waals surface area contributed by atoms with Crippen molar-refractivity contribution in [3.8, 4) is 0 Å². The molecule has 7 heavy (non-hydrogen) atoms. The highest BCUT2D eigenvalue weighted by Crippen LogP contribution is 2.20. The second-order valence-corrected chi connectivity index (χ2v) is 3.35. The molecule has 0 rings (SSSR count). The van der Waals surface area contributed by atoms with E-state index < -0.39 is 6.99 Å². The molecule has 0 saturated carbocycles. The summed E-state index contributed by atoms with van der Waals surface area (Å²) in [6, 6.07) is 0. The van der Waals surface area contributed by atoms with E-state index in [0.717, 1.165) is 0 Å². The molecule has 0 aliphatic rings. The van der Waals surface area contributed by atoms with E-state index in [1.54, 1.807) is 6.82 Å². The Morgan fingerprint density at radius 2 is 2.29 bits per heavy atom. The van der Waals surface area contributed by atoms with Gasteiger partial charge in [-0.25, -0.2) is 0 Å². The van der Waals surface area contributed by atoms with Gasteiger partial charge < -0.3 is 4.32 Å². The van der Waals surface area contributed by atoms with Gasteiger partial charge in [0.25, 0.3) is 0 Å². The van der Waals surface area contributed by atoms with Gasteiger partial charge in [-0.15, -0.1) is 11.4 Å². The lowest BCUT2D eigenvalue weighted by Gasteiger charge is -2.02. The van der Waals surface area contributed by atoms with Crippen LogP contribution >= 0.6 is 19.8 Å². The molecular weight excluding hydrogens is 129 g/mol. The van der Waals surface area contributed by atoms with E-state index in [9.17, 15) is 4.32 Å². The van der Waals surface area contributed by atoms with Crippen LogP contribution in [0.25, 0.3) is 0 Å². The fourth-order valence-corrected chi connectivity index (χ4v) is 0.974. The molecular formula is C3H9BFPS. The normalized spacial score (nSPS) is 13.7. The van der Waals surface area contributed by atoms with Crippen molar-refractivity contribution < 1.29 is 4.32 Å². The Labute approximate surface area is 50.7 Å². The van der Waals surface area contributed by atoms with Crippen molar-refractivity contribution in [2.24, 2.45) is 0 Å². The van der Waals surface area contributed by atoms with Gasteiger partial charge in [0.15, 0.2) is 0 Å². The third kappa shape index (κ3) is 3.37. The summed E-state index contributed by atoms with van der Waals surface area (Å²) in [4.78, 5) is 0. The van der Waals surface area contributed by atoms with Crippen LogP contribution in [0, 0.1) is 0 Å². The fourth-order valence-electron chi connectivity index (χ4n) is 0.108. The molecule has 0 fully saturated rings. The van der Waals surface area contributed by atoms with Gasteiger partial charge in [0.1, 0.15) is 0 Å². The van der Waals surface area contributed by atoms with E-state index in [2.05, 4.69) is 8.44 Å². The monoisotopic (exact) mass is 138 g/mol. The second kappa shape index (κ2) is 3.74. The molecule has 0 aliphatic carbocycles. The van der Waals surface area contributed by atoms with Crippen molar-refractivity contribution >= 4 is 26.8 Å². The molecule has 0 bridgehead atoms. The highest BCUT2D eigenvalue weighted by Gasteiger charge is 2.13. The molecule has 0 heterocycles. The van der Waals surface area contributed by atoms with E-state index in [4.69, 9.17) is 0 Å². The Bertz CT molecular complexity index is 52.2. The van der Waals surface area contributed by atoms with E-state index in [0.29, 0.717) is 0 Å². The van der Waals surface area contributed by atoms with Crippen molar-refractivity contribution in [2.45, 2.75) is 18.9 Å². The highest BCUT2D eigenvalue weighted by atomic mass is 32.7. The number of rotatable bonds is 2. The maximum atomic E-state index is 12.1. The zero-order chi connectivity index (χ0) is 5.86. The van der Waals surface area contributed by atoms with Crippen molar-refractivity contribution in [3.63, 3.8) is 0 Å². The van der Waals surface area contributed by atoms with Gasteiger partial charge in [-0.2, -0.15) is 0 Å². The Hall–Kier alpha value is 0.775. The molecule has 0 aliphatic heterocycles. The Kier molecular flexibility index (Phi) is 4.15. The molecule has 0 amide bonds. The molecule has 4 heteroatoms. The largest absolute Gasteiger partial charge is 0.358 e. The molecule has 0 spiro atoms. The van der Waals surface area contributed by atoms with Crippen LogP contribution in [0.4, 0.5) is 4.32 Å². The predicted octanol–water partition coefficient (Wildman–Crippen LogP) is 2.03. The molecule has 0 aromatic rings. The van der Waals surface area contributed by atoms with Crippen LogP contribution in [0.2, 0.25) is 6.82 Å². The van der Waals surface area contributed by atoms with E-state index >= 15 is 0 Å². The number of hydrogen-bond acceptors (Lipinski definition) is 1. The van der Waals surface area contributed by atoms with Gasteiger partial charge in [-0.05, 0) is 0 Å². The van der Waals surface area contributed by atoms with Gasteiger partial charge >= 0.3 is 6.99 Å². The van der Waals surface area contributed by atoms with Crippen molar-refractivity contribution in [3.05, 3.63) is 0 Å². The molecule has 0 aromatic carbocycles. The van der Waals surface area contributed by atoms with Crippen LogP contribution in [-0.2, 0) is 0 Å². The van der Waals surface area contributed by atoms with Crippen molar-refractivity contribution in [1.82, 2.24) is 0 Å². The van der Waals surface area contributed by atoms with Crippen LogP contribution in [0.5, 0.6) is 0 Å². The highest BCUT2D eigenvalue weighted by molar-refractivity contribution is 8.44. The standard InChI is InChI=1S/C3H9BFPS/c1-3(7-6)4(2)5/h3H,6H2,1-2H3. The van der Waals surface area contributed by atoms with Gasteiger partial charge in [0.05, 0.1) is 0 Å². The summed E-state index contributed by atoms with van der Waals surface area (Å²) in [5.41, 5.74) is 0. The van der Waals surface area contributed by atoms with Gasteiger partial charge in [0.2, 0.25) is 0 Å². The maximum Gasteiger partial charge on any atom is 0.358 e. The van der Waals surface area contributed by atoms with Crippen molar-refractivity contribution in [1.29, 1.82) is 0 Å². The van der Waals surface area contributed by atoms with Crippen LogP contribution in [0.3, 0.4) is 0 Å². The van der Waals surface area contributed by atoms with E-state index in [1.165, 1.54) is 11.4 Å². The molecule has 0 radical (unpaired) electrons. The lowest BCUT2D eigenvalue weighted by molar-refractivity contribution is 0.825. The SMILES string of the molecule is CB(F)C(C)SP. The zero-order valence-corrected chi connectivity index (χ0v) is 6.49. The molecule has 42 valence electrons. The topological polar surface area (TPSA) is 0 Å². The summed E-state index contributed by atoms with van der Waals surface area (Å²) in [5.74, 6) is 0. The molecule has 2 unspecified atom stereocenters. The summed E-state index contributed by atoms with van der Waals surface area (Å²) < 4.78 is 12.1. The molecule has 0 saturated heterocycles. The Balaban J connectivity index is 3.14. The minimum absolute atomic E-state index is 0.116. The predicted molar refractivity (Wildman–Crippen MR) is 39.5 cm³/mol. The molecule has 2 atom stereocenters. The average Bonchev–Trinajstić information content (AvgIpc) is 1.65. The van der Waals surface area contributed by atoms with E-state index in [1.807, 2.05) is 6.92 Å².